The van der Waals surface area contributed by atoms with Crippen LogP contribution in [-0.4, -0.2) is 25.2 Å². The van der Waals surface area contributed by atoms with Crippen molar-refractivity contribution in [3.63, 3.8) is 0 Å². The minimum atomic E-state index is -0.728. The number of aromatic nitrogens is 4. The highest BCUT2D eigenvalue weighted by Gasteiger charge is 2.25. The molecule has 0 aliphatic heterocycles. The predicted octanol–water partition coefficient (Wildman–Crippen LogP) is 3.84. The van der Waals surface area contributed by atoms with E-state index in [1.54, 1.807) is 60.4 Å². The number of fused-ring (bicyclic) bond motifs is 1. The van der Waals surface area contributed by atoms with Crippen LogP contribution in [0.15, 0.2) is 96.1 Å². The summed E-state index contributed by atoms with van der Waals surface area (Å²) in [5, 5.41) is 8.24. The number of benzene rings is 3. The number of hydrogen-bond donors (Lipinski definition) is 1. The van der Waals surface area contributed by atoms with E-state index in [0.29, 0.717) is 22.2 Å². The Kier molecular flexibility index (Phi) is 5.93. The summed E-state index contributed by atoms with van der Waals surface area (Å²) >= 11 is 0. The summed E-state index contributed by atoms with van der Waals surface area (Å²) in [4.78, 5) is 31.1. The van der Waals surface area contributed by atoms with Gasteiger partial charge in [0.25, 0.3) is 11.5 Å². The maximum absolute atomic E-state index is 14.1. The predicted molar refractivity (Wildman–Crippen MR) is 130 cm³/mol. The minimum absolute atomic E-state index is 0.103. The fourth-order valence-corrected chi connectivity index (χ4v) is 4.10. The lowest BCUT2D eigenvalue weighted by Crippen LogP contribution is -2.34. The lowest BCUT2D eigenvalue weighted by Gasteiger charge is -2.20. The van der Waals surface area contributed by atoms with Crippen LogP contribution >= 0.6 is 0 Å². The average Bonchev–Trinajstić information content (AvgIpc) is 3.30. The molecule has 0 saturated heterocycles. The number of amides is 1. The van der Waals surface area contributed by atoms with Gasteiger partial charge < -0.3 is 9.88 Å². The largest absolute Gasteiger partial charge is 0.337 e. The standard InChI is InChI=1S/C27H22FN5O2/c1-32-15-14-29-25(32)23(19-10-7-11-20(28)16-19)30-26(34)24-21-12-5-6-13-22(21)27(35)33(31-24)17-18-8-3-2-4-9-18/h2-16,23H,17H2,1H3,(H,30,34). The van der Waals surface area contributed by atoms with Crippen molar-refractivity contribution in [2.45, 2.75) is 12.6 Å². The van der Waals surface area contributed by atoms with E-state index in [4.69, 9.17) is 0 Å². The second-order valence-electron chi connectivity index (χ2n) is 8.20. The quantitative estimate of drug-likeness (QED) is 0.412. The Labute approximate surface area is 200 Å². The molecule has 0 bridgehead atoms. The fraction of sp³-hybridized carbons (Fsp3) is 0.111. The number of carbonyl (C=O) groups excluding carboxylic acids is 1. The third-order valence-electron chi connectivity index (χ3n) is 5.83. The number of nitrogens with one attached hydrogen (secondary N) is 1. The van der Waals surface area contributed by atoms with Crippen LogP contribution in [0.4, 0.5) is 4.39 Å². The Hall–Kier alpha value is -4.59. The molecule has 0 fully saturated rings. The highest BCUT2D eigenvalue weighted by Crippen LogP contribution is 2.23. The van der Waals surface area contributed by atoms with Gasteiger partial charge in [-0.25, -0.2) is 14.1 Å². The van der Waals surface area contributed by atoms with Crippen LogP contribution in [-0.2, 0) is 13.6 Å². The van der Waals surface area contributed by atoms with E-state index < -0.39 is 17.8 Å². The Morgan fingerprint density at radius 1 is 1.00 bits per heavy atom. The van der Waals surface area contributed by atoms with Gasteiger partial charge >= 0.3 is 0 Å². The molecule has 7 nitrogen and oxygen atoms in total. The molecule has 1 N–H and O–H groups in total. The fourth-order valence-electron chi connectivity index (χ4n) is 4.10. The first-order chi connectivity index (χ1) is 17.0. The first-order valence-electron chi connectivity index (χ1n) is 11.1. The second kappa shape index (κ2) is 9.34. The molecule has 0 aliphatic rings. The highest BCUT2D eigenvalue weighted by molar-refractivity contribution is 6.05. The summed E-state index contributed by atoms with van der Waals surface area (Å²) in [6.45, 7) is 0.220. The lowest BCUT2D eigenvalue weighted by atomic mass is 10.0. The average molecular weight is 468 g/mol. The van der Waals surface area contributed by atoms with E-state index in [0.717, 1.165) is 5.56 Å². The van der Waals surface area contributed by atoms with Crippen molar-refractivity contribution in [2.75, 3.05) is 0 Å². The Morgan fingerprint density at radius 2 is 1.74 bits per heavy atom. The number of rotatable bonds is 6. The van der Waals surface area contributed by atoms with Crippen molar-refractivity contribution < 1.29 is 9.18 Å². The van der Waals surface area contributed by atoms with Crippen molar-refractivity contribution in [1.29, 1.82) is 0 Å². The van der Waals surface area contributed by atoms with Crippen molar-refractivity contribution >= 4 is 16.7 Å². The molecule has 1 atom stereocenters. The van der Waals surface area contributed by atoms with Crippen LogP contribution in [0.2, 0.25) is 0 Å². The van der Waals surface area contributed by atoms with Gasteiger partial charge in [0.1, 0.15) is 17.7 Å². The topological polar surface area (TPSA) is 81.8 Å². The van der Waals surface area contributed by atoms with Crippen molar-refractivity contribution in [2.24, 2.45) is 7.05 Å². The molecule has 2 heterocycles. The molecule has 0 aliphatic carbocycles. The normalized spacial score (nSPS) is 11.9. The molecule has 1 amide bonds. The van der Waals surface area contributed by atoms with Crippen LogP contribution in [0, 0.1) is 5.82 Å². The van der Waals surface area contributed by atoms with E-state index in [1.807, 2.05) is 30.3 Å². The van der Waals surface area contributed by atoms with Gasteiger partial charge in [-0.3, -0.25) is 9.59 Å². The van der Waals surface area contributed by atoms with Gasteiger partial charge in [0.15, 0.2) is 5.69 Å². The van der Waals surface area contributed by atoms with Gasteiger partial charge in [0.05, 0.1) is 11.9 Å². The molecule has 8 heteroatoms. The van der Waals surface area contributed by atoms with E-state index in [2.05, 4.69) is 15.4 Å². The van der Waals surface area contributed by atoms with E-state index in [1.165, 1.54) is 16.8 Å². The van der Waals surface area contributed by atoms with Crippen LogP contribution < -0.4 is 10.9 Å². The first-order valence-corrected chi connectivity index (χ1v) is 11.1. The minimum Gasteiger partial charge on any atom is -0.337 e. The van der Waals surface area contributed by atoms with Crippen LogP contribution in [0.1, 0.15) is 33.5 Å². The molecule has 174 valence electrons. The second-order valence-corrected chi connectivity index (χ2v) is 8.20. The molecule has 0 saturated carbocycles. The zero-order valence-corrected chi connectivity index (χ0v) is 18.9. The number of nitrogens with zero attached hydrogens (tertiary/aromatic N) is 4. The molecule has 35 heavy (non-hydrogen) atoms. The molecule has 0 spiro atoms. The monoisotopic (exact) mass is 467 g/mol. The lowest BCUT2D eigenvalue weighted by molar-refractivity contribution is 0.0935. The van der Waals surface area contributed by atoms with Crippen molar-refractivity contribution in [3.8, 4) is 0 Å². The number of aryl methyl sites for hydroxylation is 1. The maximum Gasteiger partial charge on any atom is 0.274 e. The number of imidazole rings is 1. The number of carbonyl (C=O) groups is 1. The van der Waals surface area contributed by atoms with E-state index in [-0.39, 0.29) is 17.8 Å². The summed E-state index contributed by atoms with van der Waals surface area (Å²) in [5.41, 5.74) is 1.24. The molecular weight excluding hydrogens is 445 g/mol. The molecule has 1 unspecified atom stereocenters. The molecular formula is C27H22FN5O2. The van der Waals surface area contributed by atoms with Crippen LogP contribution in [0.5, 0.6) is 0 Å². The maximum atomic E-state index is 14.1. The Balaban J connectivity index is 1.59. The third-order valence-corrected chi connectivity index (χ3v) is 5.83. The summed E-state index contributed by atoms with van der Waals surface area (Å²) in [6, 6.07) is 21.6. The zero-order valence-electron chi connectivity index (χ0n) is 18.9. The molecule has 3 aromatic carbocycles. The Bertz CT molecular complexity index is 1580. The van der Waals surface area contributed by atoms with E-state index in [9.17, 15) is 14.0 Å². The van der Waals surface area contributed by atoms with Crippen molar-refractivity contribution in [3.05, 3.63) is 130 Å². The summed E-state index contributed by atoms with van der Waals surface area (Å²) in [6.07, 6.45) is 3.36. The smallest absolute Gasteiger partial charge is 0.274 e. The van der Waals surface area contributed by atoms with E-state index >= 15 is 0 Å². The van der Waals surface area contributed by atoms with Crippen LogP contribution in [0.3, 0.4) is 0 Å². The van der Waals surface area contributed by atoms with Crippen LogP contribution in [0.25, 0.3) is 10.8 Å². The van der Waals surface area contributed by atoms with Gasteiger partial charge in [-0.2, -0.15) is 5.10 Å². The number of halogens is 1. The Morgan fingerprint density at radius 3 is 2.46 bits per heavy atom. The molecule has 2 aromatic heterocycles. The van der Waals surface area contributed by atoms with Gasteiger partial charge in [-0.15, -0.1) is 0 Å². The number of hydrogen-bond acceptors (Lipinski definition) is 4. The van der Waals surface area contributed by atoms with Gasteiger partial charge in [-0.1, -0.05) is 60.7 Å². The molecule has 5 rings (SSSR count). The molecule has 0 radical (unpaired) electrons. The summed E-state index contributed by atoms with van der Waals surface area (Å²) in [5.74, 6) is -0.387. The summed E-state index contributed by atoms with van der Waals surface area (Å²) in [7, 11) is 1.80. The van der Waals surface area contributed by atoms with Gasteiger partial charge in [-0.05, 0) is 29.3 Å². The van der Waals surface area contributed by atoms with Gasteiger partial charge in [0, 0.05) is 24.8 Å². The van der Waals surface area contributed by atoms with Gasteiger partial charge in [0.2, 0.25) is 0 Å². The van der Waals surface area contributed by atoms with Crippen molar-refractivity contribution in [1.82, 2.24) is 24.6 Å². The SMILES string of the molecule is Cn1ccnc1C(NC(=O)c1nn(Cc2ccccc2)c(=O)c2ccccc12)c1cccc(F)c1. The third kappa shape index (κ3) is 4.46. The highest BCUT2D eigenvalue weighted by atomic mass is 19.1. The zero-order chi connectivity index (χ0) is 24.4. The summed E-state index contributed by atoms with van der Waals surface area (Å²) < 4.78 is 17.1. The first kappa shape index (κ1) is 22.2. The molecule has 5 aromatic rings.